The first kappa shape index (κ1) is 23.6. The van der Waals surface area contributed by atoms with Crippen LogP contribution in [0.1, 0.15) is 28.5 Å². The molecule has 0 aliphatic heterocycles. The molecule has 1 unspecified atom stereocenters. The molecule has 3 rings (SSSR count). The van der Waals surface area contributed by atoms with Gasteiger partial charge >= 0.3 is 5.97 Å². The van der Waals surface area contributed by atoms with E-state index >= 15 is 0 Å². The summed E-state index contributed by atoms with van der Waals surface area (Å²) in [5, 5.41) is 21.7. The Morgan fingerprint density at radius 3 is 2.47 bits per heavy atom. The SMILES string of the molecule is Cc1c(CC(=O)NCC(C)C(=O)O)c2c(F)c(O)ccc2n1C(=O)c1ccc(Cl)c(Cl)c1. The number of hydrogen-bond donors (Lipinski definition) is 3. The second kappa shape index (κ2) is 9.18. The molecule has 0 radical (unpaired) electrons. The number of aliphatic carboxylic acids is 1. The summed E-state index contributed by atoms with van der Waals surface area (Å²) in [5.74, 6) is -4.54. The minimum atomic E-state index is -1.07. The molecule has 3 N–H and O–H groups in total. The third-order valence-corrected chi connectivity index (χ3v) is 5.89. The van der Waals surface area contributed by atoms with Crippen LogP contribution < -0.4 is 5.32 Å². The van der Waals surface area contributed by atoms with Crippen LogP contribution in [0.2, 0.25) is 10.0 Å². The predicted molar refractivity (Wildman–Crippen MR) is 118 cm³/mol. The third kappa shape index (κ3) is 4.42. The van der Waals surface area contributed by atoms with Crippen LogP contribution in [0.5, 0.6) is 5.75 Å². The Bertz CT molecular complexity index is 1260. The number of carbonyl (C=O) groups excluding carboxylic acids is 2. The molecular formula is C22H19Cl2FN2O5. The van der Waals surface area contributed by atoms with E-state index in [1.807, 2.05) is 0 Å². The lowest BCUT2D eigenvalue weighted by atomic mass is 10.1. The third-order valence-electron chi connectivity index (χ3n) is 5.15. The lowest BCUT2D eigenvalue weighted by Gasteiger charge is -2.10. The molecule has 0 spiro atoms. The van der Waals surface area contributed by atoms with Gasteiger partial charge in [0, 0.05) is 23.2 Å². The largest absolute Gasteiger partial charge is 0.505 e. The molecule has 7 nitrogen and oxygen atoms in total. The molecule has 0 fully saturated rings. The number of fused-ring (bicyclic) bond motifs is 1. The van der Waals surface area contributed by atoms with Crippen LogP contribution in [0.25, 0.3) is 10.9 Å². The zero-order chi connectivity index (χ0) is 23.7. The molecule has 1 atom stereocenters. The fourth-order valence-corrected chi connectivity index (χ4v) is 3.64. The second-order valence-corrected chi connectivity index (χ2v) is 8.16. The fraction of sp³-hybridized carbons (Fsp3) is 0.227. The summed E-state index contributed by atoms with van der Waals surface area (Å²) in [5.41, 5.74) is 0.846. The van der Waals surface area contributed by atoms with Gasteiger partial charge in [0.2, 0.25) is 5.91 Å². The quantitative estimate of drug-likeness (QED) is 0.490. The summed E-state index contributed by atoms with van der Waals surface area (Å²) in [6, 6.07) is 6.81. The number of hydrogen-bond acceptors (Lipinski definition) is 4. The highest BCUT2D eigenvalue weighted by molar-refractivity contribution is 6.42. The first-order valence-electron chi connectivity index (χ1n) is 9.53. The maximum absolute atomic E-state index is 14.9. The molecule has 2 aromatic carbocycles. The van der Waals surface area contributed by atoms with E-state index < -0.39 is 35.3 Å². The molecule has 0 aliphatic carbocycles. The van der Waals surface area contributed by atoms with Crippen molar-refractivity contribution < 1.29 is 29.0 Å². The minimum absolute atomic E-state index is 0.0719. The molecular weight excluding hydrogens is 462 g/mol. The van der Waals surface area contributed by atoms with Crippen molar-refractivity contribution >= 4 is 51.9 Å². The smallest absolute Gasteiger partial charge is 0.308 e. The van der Waals surface area contributed by atoms with Crippen molar-refractivity contribution in [2.75, 3.05) is 6.54 Å². The summed E-state index contributed by atoms with van der Waals surface area (Å²) >= 11 is 11.9. The molecule has 1 aromatic heterocycles. The van der Waals surface area contributed by atoms with E-state index in [0.717, 1.165) is 6.07 Å². The Labute approximate surface area is 192 Å². The Kier molecular flexibility index (Phi) is 6.76. The first-order chi connectivity index (χ1) is 15.0. The van der Waals surface area contributed by atoms with Crippen molar-refractivity contribution in [2.24, 2.45) is 5.92 Å². The van der Waals surface area contributed by atoms with Gasteiger partial charge in [-0.25, -0.2) is 4.39 Å². The van der Waals surface area contributed by atoms with Crippen LogP contribution in [-0.2, 0) is 16.0 Å². The van der Waals surface area contributed by atoms with Crippen molar-refractivity contribution in [1.82, 2.24) is 9.88 Å². The highest BCUT2D eigenvalue weighted by atomic mass is 35.5. The van der Waals surface area contributed by atoms with E-state index in [0.29, 0.717) is 5.69 Å². The lowest BCUT2D eigenvalue weighted by molar-refractivity contribution is -0.141. The number of rotatable bonds is 6. The standard InChI is InChI=1S/C22H19Cl2FN2O5/c1-10(22(31)32)9-26-18(29)8-13-11(2)27(16-5-6-17(28)20(25)19(13)16)21(30)12-3-4-14(23)15(24)7-12/h3-7,10,28H,8-9H2,1-2H3,(H,26,29)(H,31,32). The van der Waals surface area contributed by atoms with Crippen LogP contribution in [0.3, 0.4) is 0 Å². The van der Waals surface area contributed by atoms with Crippen molar-refractivity contribution in [1.29, 1.82) is 0 Å². The summed E-state index contributed by atoms with van der Waals surface area (Å²) in [6.07, 6.45) is -0.323. The molecule has 0 saturated heterocycles. The van der Waals surface area contributed by atoms with Gasteiger partial charge in [-0.1, -0.05) is 30.1 Å². The summed E-state index contributed by atoms with van der Waals surface area (Å²) < 4.78 is 16.1. The summed E-state index contributed by atoms with van der Waals surface area (Å²) in [4.78, 5) is 36.6. The fourth-order valence-electron chi connectivity index (χ4n) is 3.34. The Balaban J connectivity index is 2.07. The molecule has 10 heteroatoms. The number of aromatic nitrogens is 1. The molecule has 1 amide bonds. The van der Waals surface area contributed by atoms with Crippen LogP contribution >= 0.6 is 23.2 Å². The van der Waals surface area contributed by atoms with E-state index in [-0.39, 0.29) is 45.0 Å². The second-order valence-electron chi connectivity index (χ2n) is 7.35. The van der Waals surface area contributed by atoms with Crippen LogP contribution in [0.15, 0.2) is 30.3 Å². The number of carbonyl (C=O) groups is 3. The van der Waals surface area contributed by atoms with Crippen molar-refractivity contribution in [3.05, 3.63) is 63.0 Å². The van der Waals surface area contributed by atoms with Crippen LogP contribution in [-0.4, -0.2) is 39.1 Å². The zero-order valence-electron chi connectivity index (χ0n) is 17.1. The Hall–Kier alpha value is -3.10. The Morgan fingerprint density at radius 1 is 1.16 bits per heavy atom. The van der Waals surface area contributed by atoms with Gasteiger partial charge in [-0.3, -0.25) is 19.0 Å². The molecule has 1 heterocycles. The van der Waals surface area contributed by atoms with Gasteiger partial charge < -0.3 is 15.5 Å². The number of phenolic OH excluding ortho intramolecular Hbond substituents is 1. The van der Waals surface area contributed by atoms with Crippen molar-refractivity contribution in [3.8, 4) is 5.75 Å². The topological polar surface area (TPSA) is 109 Å². The average Bonchev–Trinajstić information content (AvgIpc) is 3.02. The van der Waals surface area contributed by atoms with E-state index in [9.17, 15) is 23.9 Å². The zero-order valence-corrected chi connectivity index (χ0v) is 18.6. The number of phenols is 1. The molecule has 3 aromatic rings. The minimum Gasteiger partial charge on any atom is -0.505 e. The van der Waals surface area contributed by atoms with Crippen LogP contribution in [0, 0.1) is 18.7 Å². The lowest BCUT2D eigenvalue weighted by Crippen LogP contribution is -2.32. The molecule has 168 valence electrons. The number of halogens is 3. The number of aromatic hydroxyl groups is 1. The average molecular weight is 481 g/mol. The van der Waals surface area contributed by atoms with Crippen LogP contribution in [0.4, 0.5) is 4.39 Å². The number of amides is 1. The van der Waals surface area contributed by atoms with Gasteiger partial charge in [0.15, 0.2) is 11.6 Å². The molecule has 0 saturated carbocycles. The maximum atomic E-state index is 14.9. The number of carboxylic acid groups (broad SMARTS) is 1. The highest BCUT2D eigenvalue weighted by Crippen LogP contribution is 2.34. The van der Waals surface area contributed by atoms with Gasteiger partial charge in [-0.15, -0.1) is 0 Å². The number of nitrogens with zero attached hydrogens (tertiary/aromatic N) is 1. The van der Waals surface area contributed by atoms with Crippen molar-refractivity contribution in [3.63, 3.8) is 0 Å². The Morgan fingerprint density at radius 2 is 1.84 bits per heavy atom. The van der Waals surface area contributed by atoms with Gasteiger partial charge in [-0.2, -0.15) is 0 Å². The van der Waals surface area contributed by atoms with E-state index in [4.69, 9.17) is 28.3 Å². The van der Waals surface area contributed by atoms with Gasteiger partial charge in [0.05, 0.1) is 27.9 Å². The molecule has 0 aliphatic rings. The highest BCUT2D eigenvalue weighted by Gasteiger charge is 2.25. The van der Waals surface area contributed by atoms with Gasteiger partial charge in [0.1, 0.15) is 0 Å². The van der Waals surface area contributed by atoms with Crippen molar-refractivity contribution in [2.45, 2.75) is 20.3 Å². The predicted octanol–water partition coefficient (Wildman–Crippen LogP) is 4.17. The van der Waals surface area contributed by atoms with E-state index in [2.05, 4.69) is 5.32 Å². The number of nitrogens with one attached hydrogen (secondary N) is 1. The van der Waals surface area contributed by atoms with Gasteiger partial charge in [0.25, 0.3) is 5.91 Å². The number of carboxylic acids is 1. The van der Waals surface area contributed by atoms with Gasteiger partial charge in [-0.05, 0) is 42.8 Å². The molecule has 0 bridgehead atoms. The summed E-state index contributed by atoms with van der Waals surface area (Å²) in [7, 11) is 0. The summed E-state index contributed by atoms with van der Waals surface area (Å²) in [6.45, 7) is 2.88. The normalized spacial score (nSPS) is 12.0. The maximum Gasteiger partial charge on any atom is 0.308 e. The number of benzene rings is 2. The van der Waals surface area contributed by atoms with E-state index in [1.54, 1.807) is 6.92 Å². The first-order valence-corrected chi connectivity index (χ1v) is 10.3. The monoisotopic (exact) mass is 480 g/mol. The van der Waals surface area contributed by atoms with E-state index in [1.165, 1.54) is 35.8 Å². The molecule has 32 heavy (non-hydrogen) atoms.